The number of benzene rings is 2. The summed E-state index contributed by atoms with van der Waals surface area (Å²) in [5.41, 5.74) is 2.69. The Labute approximate surface area is 148 Å². The number of piperazine rings is 1. The lowest BCUT2D eigenvalue weighted by Gasteiger charge is -2.36. The first kappa shape index (κ1) is 16.1. The molecule has 1 aliphatic carbocycles. The first-order valence-electron chi connectivity index (χ1n) is 8.98. The van der Waals surface area contributed by atoms with Crippen LogP contribution in [0, 0.1) is 16.0 Å². The molecule has 130 valence electrons. The van der Waals surface area contributed by atoms with E-state index in [1.54, 1.807) is 12.1 Å². The van der Waals surface area contributed by atoms with Gasteiger partial charge >= 0.3 is 0 Å². The van der Waals surface area contributed by atoms with Crippen molar-refractivity contribution in [2.45, 2.75) is 18.9 Å². The minimum absolute atomic E-state index is 0.157. The van der Waals surface area contributed by atoms with Crippen molar-refractivity contribution >= 4 is 11.4 Å². The van der Waals surface area contributed by atoms with E-state index in [-0.39, 0.29) is 10.6 Å². The number of nitrogens with zero attached hydrogens (tertiary/aromatic N) is 3. The maximum atomic E-state index is 10.8. The van der Waals surface area contributed by atoms with Crippen molar-refractivity contribution in [3.63, 3.8) is 0 Å². The van der Waals surface area contributed by atoms with E-state index in [1.165, 1.54) is 18.4 Å². The predicted molar refractivity (Wildman–Crippen MR) is 98.9 cm³/mol. The van der Waals surface area contributed by atoms with Crippen molar-refractivity contribution in [3.05, 3.63) is 70.3 Å². The van der Waals surface area contributed by atoms with Gasteiger partial charge in [-0.05, 0) is 36.5 Å². The SMILES string of the molecule is O=[N+]([O-])c1ccc(N2CCN([C@H]3C[C@@H]3Cc3ccccc3)CC2)cc1. The molecule has 5 heteroatoms. The van der Waals surface area contributed by atoms with Crippen molar-refractivity contribution in [2.24, 2.45) is 5.92 Å². The van der Waals surface area contributed by atoms with Gasteiger partial charge in [0.1, 0.15) is 0 Å². The number of nitro benzene ring substituents is 1. The number of rotatable bonds is 5. The molecular weight excluding hydrogens is 314 g/mol. The Hall–Kier alpha value is -2.40. The van der Waals surface area contributed by atoms with E-state index >= 15 is 0 Å². The van der Waals surface area contributed by atoms with Gasteiger partial charge in [-0.25, -0.2) is 0 Å². The third-order valence-electron chi connectivity index (χ3n) is 5.43. The van der Waals surface area contributed by atoms with Crippen LogP contribution in [0.1, 0.15) is 12.0 Å². The zero-order valence-corrected chi connectivity index (χ0v) is 14.3. The molecule has 0 bridgehead atoms. The second-order valence-corrected chi connectivity index (χ2v) is 7.05. The minimum Gasteiger partial charge on any atom is -0.369 e. The maximum Gasteiger partial charge on any atom is 0.269 e. The van der Waals surface area contributed by atoms with Gasteiger partial charge in [0, 0.05) is 50.0 Å². The smallest absolute Gasteiger partial charge is 0.269 e. The van der Waals surface area contributed by atoms with Gasteiger partial charge in [0.05, 0.1) is 4.92 Å². The molecule has 1 heterocycles. The standard InChI is InChI=1S/C20H23N3O2/c24-23(25)19-8-6-18(7-9-19)21-10-12-22(13-11-21)20-15-17(20)14-16-4-2-1-3-5-16/h1-9,17,20H,10-15H2/t17-,20-/m0/s1. The molecule has 2 atom stereocenters. The van der Waals surface area contributed by atoms with Gasteiger partial charge in [0.25, 0.3) is 5.69 Å². The highest BCUT2D eigenvalue weighted by molar-refractivity contribution is 5.51. The molecule has 2 aromatic rings. The molecule has 0 radical (unpaired) electrons. The average Bonchev–Trinajstić information content (AvgIpc) is 3.42. The quantitative estimate of drug-likeness (QED) is 0.620. The molecule has 5 nitrogen and oxygen atoms in total. The van der Waals surface area contributed by atoms with Gasteiger partial charge in [0.2, 0.25) is 0 Å². The van der Waals surface area contributed by atoms with Crippen molar-refractivity contribution in [1.29, 1.82) is 0 Å². The van der Waals surface area contributed by atoms with Gasteiger partial charge in [-0.15, -0.1) is 0 Å². The van der Waals surface area contributed by atoms with Crippen LogP contribution in [0.2, 0.25) is 0 Å². The fourth-order valence-electron chi connectivity index (χ4n) is 3.91. The summed E-state index contributed by atoms with van der Waals surface area (Å²) < 4.78 is 0. The lowest BCUT2D eigenvalue weighted by Crippen LogP contribution is -2.47. The summed E-state index contributed by atoms with van der Waals surface area (Å²) in [6.45, 7) is 4.14. The monoisotopic (exact) mass is 337 g/mol. The van der Waals surface area contributed by atoms with Crippen LogP contribution in [0.3, 0.4) is 0 Å². The highest BCUT2D eigenvalue weighted by atomic mass is 16.6. The molecule has 25 heavy (non-hydrogen) atoms. The summed E-state index contributed by atoms with van der Waals surface area (Å²) in [5, 5.41) is 10.8. The molecule has 2 aliphatic rings. The summed E-state index contributed by atoms with van der Waals surface area (Å²) in [5.74, 6) is 0.799. The predicted octanol–water partition coefficient (Wildman–Crippen LogP) is 3.35. The van der Waals surface area contributed by atoms with Gasteiger partial charge in [-0.1, -0.05) is 30.3 Å². The Kier molecular flexibility index (Phi) is 4.40. The van der Waals surface area contributed by atoms with Crippen molar-refractivity contribution in [3.8, 4) is 0 Å². The molecule has 1 aliphatic heterocycles. The van der Waals surface area contributed by atoms with Crippen molar-refractivity contribution in [2.75, 3.05) is 31.1 Å². The first-order chi connectivity index (χ1) is 12.2. The van der Waals surface area contributed by atoms with Crippen LogP contribution in [-0.2, 0) is 6.42 Å². The van der Waals surface area contributed by atoms with Crippen LogP contribution in [0.15, 0.2) is 54.6 Å². The lowest BCUT2D eigenvalue weighted by atomic mass is 10.1. The molecule has 4 rings (SSSR count). The molecular formula is C20H23N3O2. The molecule has 0 N–H and O–H groups in total. The first-order valence-corrected chi connectivity index (χ1v) is 8.98. The lowest BCUT2D eigenvalue weighted by molar-refractivity contribution is -0.384. The van der Waals surface area contributed by atoms with E-state index in [0.717, 1.165) is 43.8 Å². The third kappa shape index (κ3) is 3.66. The number of anilines is 1. The largest absolute Gasteiger partial charge is 0.369 e. The van der Waals surface area contributed by atoms with Crippen LogP contribution in [0.25, 0.3) is 0 Å². The fourth-order valence-corrected chi connectivity index (χ4v) is 3.91. The molecule has 0 unspecified atom stereocenters. The van der Waals surface area contributed by atoms with E-state index in [1.807, 2.05) is 12.1 Å². The highest BCUT2D eigenvalue weighted by Gasteiger charge is 2.42. The van der Waals surface area contributed by atoms with E-state index in [2.05, 4.69) is 40.1 Å². The highest BCUT2D eigenvalue weighted by Crippen LogP contribution is 2.39. The van der Waals surface area contributed by atoms with Gasteiger partial charge in [-0.3, -0.25) is 15.0 Å². The van der Waals surface area contributed by atoms with E-state index in [9.17, 15) is 10.1 Å². The van der Waals surface area contributed by atoms with Crippen LogP contribution in [-0.4, -0.2) is 42.0 Å². The Morgan fingerprint density at radius 2 is 1.64 bits per heavy atom. The second-order valence-electron chi connectivity index (χ2n) is 7.05. The zero-order chi connectivity index (χ0) is 17.2. The Bertz CT molecular complexity index is 724. The molecule has 0 spiro atoms. The summed E-state index contributed by atoms with van der Waals surface area (Å²) in [6, 6.07) is 18.4. The second kappa shape index (κ2) is 6.84. The number of hydrogen-bond donors (Lipinski definition) is 0. The molecule has 1 saturated heterocycles. The van der Waals surface area contributed by atoms with Crippen molar-refractivity contribution < 1.29 is 4.92 Å². The number of non-ortho nitro benzene ring substituents is 1. The normalized spacial score (nSPS) is 23.4. The number of nitro groups is 1. The molecule has 0 amide bonds. The summed E-state index contributed by atoms with van der Waals surface area (Å²) >= 11 is 0. The zero-order valence-electron chi connectivity index (χ0n) is 14.3. The molecule has 1 saturated carbocycles. The summed E-state index contributed by atoms with van der Waals surface area (Å²) in [6.07, 6.45) is 2.50. The van der Waals surface area contributed by atoms with E-state index < -0.39 is 0 Å². The van der Waals surface area contributed by atoms with Crippen LogP contribution < -0.4 is 4.90 Å². The van der Waals surface area contributed by atoms with Crippen LogP contribution in [0.5, 0.6) is 0 Å². The van der Waals surface area contributed by atoms with Gasteiger partial charge < -0.3 is 4.90 Å². The Balaban J connectivity index is 1.28. The number of hydrogen-bond acceptors (Lipinski definition) is 4. The van der Waals surface area contributed by atoms with Gasteiger partial charge in [0.15, 0.2) is 0 Å². The summed E-state index contributed by atoms with van der Waals surface area (Å²) in [7, 11) is 0. The summed E-state index contributed by atoms with van der Waals surface area (Å²) in [4.78, 5) is 15.4. The molecule has 0 aromatic heterocycles. The fraction of sp³-hybridized carbons (Fsp3) is 0.400. The van der Waals surface area contributed by atoms with E-state index in [0.29, 0.717) is 0 Å². The van der Waals surface area contributed by atoms with Crippen LogP contribution >= 0.6 is 0 Å². The molecule has 2 fully saturated rings. The topological polar surface area (TPSA) is 49.6 Å². The maximum absolute atomic E-state index is 10.8. The Morgan fingerprint density at radius 1 is 0.960 bits per heavy atom. The third-order valence-corrected chi connectivity index (χ3v) is 5.43. The van der Waals surface area contributed by atoms with Crippen LogP contribution in [0.4, 0.5) is 11.4 Å². The van der Waals surface area contributed by atoms with Crippen molar-refractivity contribution in [1.82, 2.24) is 4.90 Å². The molecule has 2 aromatic carbocycles. The van der Waals surface area contributed by atoms with E-state index in [4.69, 9.17) is 0 Å². The van der Waals surface area contributed by atoms with Gasteiger partial charge in [-0.2, -0.15) is 0 Å². The Morgan fingerprint density at radius 3 is 2.28 bits per heavy atom. The minimum atomic E-state index is -0.346. The average molecular weight is 337 g/mol.